The lowest BCUT2D eigenvalue weighted by atomic mass is 10.2. The fourth-order valence-electron chi connectivity index (χ4n) is 1.71. The molecule has 2 N–H and O–H groups in total. The minimum Gasteiger partial charge on any atom is -0.486 e. The van der Waals surface area contributed by atoms with Crippen molar-refractivity contribution in [3.63, 3.8) is 0 Å². The molecule has 18 heavy (non-hydrogen) atoms. The van der Waals surface area contributed by atoms with Gasteiger partial charge in [0.05, 0.1) is 11.9 Å². The molecule has 6 heteroatoms. The Morgan fingerprint density at radius 2 is 2.11 bits per heavy atom. The van der Waals surface area contributed by atoms with Gasteiger partial charge in [-0.15, -0.1) is 0 Å². The van der Waals surface area contributed by atoms with E-state index in [9.17, 15) is 4.79 Å². The van der Waals surface area contributed by atoms with Crippen LogP contribution in [0, 0.1) is 0 Å². The van der Waals surface area contributed by atoms with Crippen molar-refractivity contribution in [3.05, 3.63) is 36.2 Å². The summed E-state index contributed by atoms with van der Waals surface area (Å²) in [5.74, 6) is 1.05. The van der Waals surface area contributed by atoms with Gasteiger partial charge in [0.1, 0.15) is 13.2 Å². The van der Waals surface area contributed by atoms with Crippen molar-refractivity contribution in [2.24, 2.45) is 0 Å². The van der Waals surface area contributed by atoms with Crippen LogP contribution in [0.5, 0.6) is 11.5 Å². The second-order valence-corrected chi connectivity index (χ2v) is 3.80. The first kappa shape index (κ1) is 10.6. The third-order valence-electron chi connectivity index (χ3n) is 2.56. The van der Waals surface area contributed by atoms with Gasteiger partial charge in [-0.25, -0.2) is 0 Å². The molecular formula is C12H11N3O3. The summed E-state index contributed by atoms with van der Waals surface area (Å²) in [6.07, 6.45) is 3.14. The first-order valence-electron chi connectivity index (χ1n) is 5.53. The number of anilines is 1. The number of fused-ring (bicyclic) bond motifs is 1. The lowest BCUT2D eigenvalue weighted by molar-refractivity contribution is 0.102. The van der Waals surface area contributed by atoms with Crippen molar-refractivity contribution in [2.75, 3.05) is 18.5 Å². The minimum absolute atomic E-state index is 0.214. The molecule has 0 radical (unpaired) electrons. The zero-order chi connectivity index (χ0) is 12.4. The molecule has 0 aliphatic carbocycles. The summed E-state index contributed by atoms with van der Waals surface area (Å²) in [5.41, 5.74) is 1.13. The van der Waals surface area contributed by atoms with Gasteiger partial charge in [-0.3, -0.25) is 9.89 Å². The first-order valence-corrected chi connectivity index (χ1v) is 5.53. The minimum atomic E-state index is -0.214. The number of hydrogen-bond acceptors (Lipinski definition) is 4. The van der Waals surface area contributed by atoms with Crippen molar-refractivity contribution in [1.82, 2.24) is 10.2 Å². The van der Waals surface area contributed by atoms with Gasteiger partial charge in [0.25, 0.3) is 5.91 Å². The highest BCUT2D eigenvalue weighted by atomic mass is 16.6. The van der Waals surface area contributed by atoms with Crippen LogP contribution < -0.4 is 14.8 Å². The van der Waals surface area contributed by atoms with Crippen LogP contribution in [0.1, 0.15) is 10.4 Å². The Hall–Kier alpha value is -2.50. The maximum atomic E-state index is 11.9. The van der Waals surface area contributed by atoms with Gasteiger partial charge in [-0.1, -0.05) is 0 Å². The normalized spacial score (nSPS) is 13.1. The second-order valence-electron chi connectivity index (χ2n) is 3.80. The standard InChI is InChI=1S/C12H11N3O3/c16-12(15-9-6-13-14-7-9)8-1-2-10-11(5-8)18-4-3-17-10/h1-2,5-7H,3-4H2,(H,13,14)(H,15,16). The Morgan fingerprint density at radius 3 is 2.89 bits per heavy atom. The van der Waals surface area contributed by atoms with Gasteiger partial charge >= 0.3 is 0 Å². The smallest absolute Gasteiger partial charge is 0.255 e. The monoisotopic (exact) mass is 245 g/mol. The molecule has 0 unspecified atom stereocenters. The van der Waals surface area contributed by atoms with E-state index in [1.165, 1.54) is 6.20 Å². The molecule has 6 nitrogen and oxygen atoms in total. The van der Waals surface area contributed by atoms with Crippen molar-refractivity contribution in [3.8, 4) is 11.5 Å². The maximum absolute atomic E-state index is 11.9. The molecule has 2 heterocycles. The van der Waals surface area contributed by atoms with Gasteiger partial charge in [-0.05, 0) is 18.2 Å². The van der Waals surface area contributed by atoms with Crippen LogP contribution in [0.25, 0.3) is 0 Å². The third kappa shape index (κ3) is 2.00. The number of nitrogens with one attached hydrogen (secondary N) is 2. The molecule has 2 aromatic rings. The number of rotatable bonds is 2. The van der Waals surface area contributed by atoms with Gasteiger partial charge in [0.15, 0.2) is 11.5 Å². The fourth-order valence-corrected chi connectivity index (χ4v) is 1.71. The molecule has 1 amide bonds. The molecule has 0 atom stereocenters. The lowest BCUT2D eigenvalue weighted by Crippen LogP contribution is -2.17. The topological polar surface area (TPSA) is 76.2 Å². The molecule has 0 saturated heterocycles. The predicted molar refractivity (Wildman–Crippen MR) is 64.0 cm³/mol. The highest BCUT2D eigenvalue weighted by Gasteiger charge is 2.15. The lowest BCUT2D eigenvalue weighted by Gasteiger charge is -2.18. The quantitative estimate of drug-likeness (QED) is 0.839. The molecule has 0 spiro atoms. The molecule has 0 fully saturated rings. The molecule has 1 aliphatic heterocycles. The van der Waals surface area contributed by atoms with Crippen molar-refractivity contribution in [2.45, 2.75) is 0 Å². The second kappa shape index (κ2) is 4.40. The number of carbonyl (C=O) groups excluding carboxylic acids is 1. The van der Waals surface area contributed by atoms with Crippen LogP contribution in [0.4, 0.5) is 5.69 Å². The van der Waals surface area contributed by atoms with E-state index >= 15 is 0 Å². The summed E-state index contributed by atoms with van der Waals surface area (Å²) in [7, 11) is 0. The van der Waals surface area contributed by atoms with Gasteiger partial charge in [-0.2, -0.15) is 5.10 Å². The van der Waals surface area contributed by atoms with Crippen LogP contribution in [0.15, 0.2) is 30.6 Å². The van der Waals surface area contributed by atoms with E-state index in [0.717, 1.165) is 0 Å². The Balaban J connectivity index is 1.81. The molecule has 0 bridgehead atoms. The largest absolute Gasteiger partial charge is 0.486 e. The molecule has 1 aromatic heterocycles. The summed E-state index contributed by atoms with van der Waals surface area (Å²) in [6.45, 7) is 1.04. The van der Waals surface area contributed by atoms with Crippen LogP contribution in [0.2, 0.25) is 0 Å². The Kier molecular flexibility index (Phi) is 2.60. The van der Waals surface area contributed by atoms with E-state index in [-0.39, 0.29) is 5.91 Å². The number of hydrogen-bond donors (Lipinski definition) is 2. The number of nitrogens with zero attached hydrogens (tertiary/aromatic N) is 1. The number of H-pyrrole nitrogens is 1. The van der Waals surface area contributed by atoms with Crippen LogP contribution in [-0.2, 0) is 0 Å². The molecule has 92 valence electrons. The first-order chi connectivity index (χ1) is 8.83. The molecule has 3 rings (SSSR count). The van der Waals surface area contributed by atoms with Crippen molar-refractivity contribution < 1.29 is 14.3 Å². The van der Waals surface area contributed by atoms with Gasteiger partial charge < -0.3 is 14.8 Å². The van der Waals surface area contributed by atoms with Crippen molar-refractivity contribution in [1.29, 1.82) is 0 Å². The van der Waals surface area contributed by atoms with E-state index in [4.69, 9.17) is 9.47 Å². The average molecular weight is 245 g/mol. The number of amides is 1. The maximum Gasteiger partial charge on any atom is 0.255 e. The van der Waals surface area contributed by atoms with Crippen molar-refractivity contribution >= 4 is 11.6 Å². The summed E-state index contributed by atoms with van der Waals surface area (Å²) in [4.78, 5) is 11.9. The zero-order valence-corrected chi connectivity index (χ0v) is 9.47. The molecular weight excluding hydrogens is 234 g/mol. The Bertz CT molecular complexity index is 566. The Labute approximate surface area is 103 Å². The molecule has 1 aliphatic rings. The summed E-state index contributed by atoms with van der Waals surface area (Å²) in [6, 6.07) is 5.10. The third-order valence-corrected chi connectivity index (χ3v) is 2.56. The van der Waals surface area contributed by atoms with E-state index in [0.29, 0.717) is 36.0 Å². The van der Waals surface area contributed by atoms with E-state index in [1.807, 2.05) is 0 Å². The summed E-state index contributed by atoms with van der Waals surface area (Å²) < 4.78 is 10.8. The SMILES string of the molecule is O=C(Nc1cn[nH]c1)c1ccc2c(c1)OCCO2. The highest BCUT2D eigenvalue weighted by molar-refractivity contribution is 6.04. The van der Waals surface area contributed by atoms with E-state index in [1.54, 1.807) is 24.4 Å². The number of aromatic amines is 1. The van der Waals surface area contributed by atoms with E-state index in [2.05, 4.69) is 15.5 Å². The molecule has 1 aromatic carbocycles. The van der Waals surface area contributed by atoms with E-state index < -0.39 is 0 Å². The number of ether oxygens (including phenoxy) is 2. The zero-order valence-electron chi connectivity index (χ0n) is 9.47. The van der Waals surface area contributed by atoms with Crippen LogP contribution in [-0.4, -0.2) is 29.3 Å². The average Bonchev–Trinajstić information content (AvgIpc) is 2.91. The predicted octanol–water partition coefficient (Wildman–Crippen LogP) is 1.43. The fraction of sp³-hybridized carbons (Fsp3) is 0.167. The number of benzene rings is 1. The highest BCUT2D eigenvalue weighted by Crippen LogP contribution is 2.30. The van der Waals surface area contributed by atoms with Crippen LogP contribution >= 0.6 is 0 Å². The van der Waals surface area contributed by atoms with Gasteiger partial charge in [0, 0.05) is 11.8 Å². The summed E-state index contributed by atoms with van der Waals surface area (Å²) >= 11 is 0. The molecule has 0 saturated carbocycles. The number of carbonyl (C=O) groups is 1. The van der Waals surface area contributed by atoms with Gasteiger partial charge in [0.2, 0.25) is 0 Å². The Morgan fingerprint density at radius 1 is 1.28 bits per heavy atom. The number of aromatic nitrogens is 2. The summed E-state index contributed by atoms with van der Waals surface area (Å²) in [5, 5.41) is 9.10. The van der Waals surface area contributed by atoms with Crippen LogP contribution in [0.3, 0.4) is 0 Å².